The summed E-state index contributed by atoms with van der Waals surface area (Å²) in [6.07, 6.45) is 8.89. The standard InChI is InChI=1S/3C11H15N.2CH4/c1-12-9-5-4-7-10-6-2-3-8-11(10)12;1-12-8-4-7-10-5-2-3-6-11(10)9-12;1-12-8-6-10-4-2-3-5-11(10)7-9-12;;/h2-3,6,8H,4-5,7,9H2,1H3;2-3,5-6H,4,7-9H2,1H3;2-5H,6-9H2,1H3;2*1H4. The fourth-order valence-corrected chi connectivity index (χ4v) is 5.52. The fourth-order valence-electron chi connectivity index (χ4n) is 5.52. The van der Waals surface area contributed by atoms with Gasteiger partial charge in [0, 0.05) is 38.9 Å². The van der Waals surface area contributed by atoms with Crippen molar-refractivity contribution < 1.29 is 0 Å². The number of rotatable bonds is 0. The van der Waals surface area contributed by atoms with Crippen LogP contribution in [0.25, 0.3) is 0 Å². The Balaban J connectivity index is 0.000000195. The van der Waals surface area contributed by atoms with Crippen LogP contribution in [0.15, 0.2) is 72.8 Å². The first-order valence-electron chi connectivity index (χ1n) is 13.9. The Morgan fingerprint density at radius 2 is 0.947 bits per heavy atom. The summed E-state index contributed by atoms with van der Waals surface area (Å²) in [5.74, 6) is 0. The molecule has 0 unspecified atom stereocenters. The van der Waals surface area contributed by atoms with Gasteiger partial charge in [-0.3, -0.25) is 0 Å². The molecule has 0 aromatic heterocycles. The lowest BCUT2D eigenvalue weighted by atomic mass is 10.0. The summed E-state index contributed by atoms with van der Waals surface area (Å²) in [5, 5.41) is 0. The van der Waals surface area contributed by atoms with E-state index in [0.717, 1.165) is 6.54 Å². The highest BCUT2D eigenvalue weighted by molar-refractivity contribution is 5.53. The maximum Gasteiger partial charge on any atom is 0.0396 e. The van der Waals surface area contributed by atoms with E-state index >= 15 is 0 Å². The number of anilines is 1. The second-order valence-corrected chi connectivity index (χ2v) is 10.7. The molecular weight excluding hydrogens is 462 g/mol. The van der Waals surface area contributed by atoms with Gasteiger partial charge < -0.3 is 14.7 Å². The molecule has 208 valence electrons. The van der Waals surface area contributed by atoms with Gasteiger partial charge in [0.2, 0.25) is 0 Å². The van der Waals surface area contributed by atoms with Gasteiger partial charge in [-0.25, -0.2) is 0 Å². The van der Waals surface area contributed by atoms with Crippen LogP contribution >= 0.6 is 0 Å². The van der Waals surface area contributed by atoms with E-state index in [1.807, 2.05) is 0 Å². The molecule has 0 saturated carbocycles. The minimum absolute atomic E-state index is 0. The van der Waals surface area contributed by atoms with Gasteiger partial charge in [-0.2, -0.15) is 0 Å². The molecule has 3 aliphatic heterocycles. The van der Waals surface area contributed by atoms with Crippen LogP contribution in [0.3, 0.4) is 0 Å². The van der Waals surface area contributed by atoms with Crippen LogP contribution in [0.2, 0.25) is 0 Å². The summed E-state index contributed by atoms with van der Waals surface area (Å²) in [4.78, 5) is 7.16. The van der Waals surface area contributed by atoms with E-state index in [1.54, 1.807) is 16.7 Å². The topological polar surface area (TPSA) is 9.72 Å². The number of hydrogen-bond acceptors (Lipinski definition) is 3. The van der Waals surface area contributed by atoms with Crippen LogP contribution < -0.4 is 4.90 Å². The molecule has 0 amide bonds. The third-order valence-electron chi connectivity index (χ3n) is 7.78. The van der Waals surface area contributed by atoms with Crippen molar-refractivity contribution >= 4 is 5.69 Å². The highest BCUT2D eigenvalue weighted by atomic mass is 15.1. The molecule has 3 aromatic carbocycles. The fraction of sp³-hybridized carbons (Fsp3) is 0.486. The van der Waals surface area contributed by atoms with E-state index in [1.165, 1.54) is 87.9 Å². The van der Waals surface area contributed by atoms with Gasteiger partial charge in [-0.15, -0.1) is 0 Å². The summed E-state index contributed by atoms with van der Waals surface area (Å²) < 4.78 is 0. The Kier molecular flexibility index (Phi) is 13.6. The van der Waals surface area contributed by atoms with Crippen molar-refractivity contribution in [1.82, 2.24) is 9.80 Å². The van der Waals surface area contributed by atoms with Gasteiger partial charge in [0.1, 0.15) is 0 Å². The Bertz CT molecular complexity index is 1050. The SMILES string of the molecule is C.C.CN1CCCCc2ccccc21.CN1CCCc2ccccc2C1.CN1CCc2ccccc2CC1. The summed E-state index contributed by atoms with van der Waals surface area (Å²) in [6, 6.07) is 26.3. The molecule has 0 saturated heterocycles. The van der Waals surface area contributed by atoms with Crippen molar-refractivity contribution in [3.63, 3.8) is 0 Å². The first-order valence-corrected chi connectivity index (χ1v) is 13.9. The monoisotopic (exact) mass is 515 g/mol. The van der Waals surface area contributed by atoms with Gasteiger partial charge in [0.05, 0.1) is 0 Å². The average molecular weight is 516 g/mol. The molecule has 0 N–H and O–H groups in total. The lowest BCUT2D eigenvalue weighted by Gasteiger charge is -2.18. The number of aryl methyl sites for hydroxylation is 2. The van der Waals surface area contributed by atoms with Crippen LogP contribution in [-0.4, -0.2) is 57.1 Å². The van der Waals surface area contributed by atoms with Crippen LogP contribution in [-0.2, 0) is 32.2 Å². The zero-order valence-electron chi connectivity index (χ0n) is 22.8. The number of likely N-dealkylation sites (N-methyl/N-ethyl adjacent to an activating group) is 1. The Labute approximate surface area is 234 Å². The van der Waals surface area contributed by atoms with Crippen molar-refractivity contribution in [3.05, 3.63) is 101 Å². The first-order chi connectivity index (χ1) is 17.6. The molecule has 3 heterocycles. The summed E-state index contributed by atoms with van der Waals surface area (Å²) in [6.45, 7) is 5.97. The number of hydrogen-bond donors (Lipinski definition) is 0. The molecule has 3 aromatic rings. The predicted molar refractivity (Wildman–Crippen MR) is 169 cm³/mol. The van der Waals surface area contributed by atoms with E-state index in [2.05, 4.69) is 109 Å². The van der Waals surface area contributed by atoms with E-state index in [-0.39, 0.29) is 14.9 Å². The second-order valence-electron chi connectivity index (χ2n) is 10.7. The molecule has 0 aliphatic carbocycles. The molecule has 3 nitrogen and oxygen atoms in total. The average Bonchev–Trinajstić information content (AvgIpc) is 3.31. The van der Waals surface area contributed by atoms with E-state index < -0.39 is 0 Å². The Morgan fingerprint density at radius 1 is 0.447 bits per heavy atom. The summed E-state index contributed by atoms with van der Waals surface area (Å²) in [5.41, 5.74) is 9.08. The number of para-hydroxylation sites is 1. The van der Waals surface area contributed by atoms with Crippen molar-refractivity contribution in [1.29, 1.82) is 0 Å². The summed E-state index contributed by atoms with van der Waals surface area (Å²) in [7, 11) is 6.58. The zero-order chi connectivity index (χ0) is 25.2. The van der Waals surface area contributed by atoms with Gasteiger partial charge in [0.25, 0.3) is 0 Å². The first kappa shape index (κ1) is 31.6. The van der Waals surface area contributed by atoms with Crippen molar-refractivity contribution in [2.75, 3.05) is 52.2 Å². The quantitative estimate of drug-likeness (QED) is 0.307. The molecule has 0 atom stereocenters. The predicted octanol–water partition coefficient (Wildman–Crippen LogP) is 7.51. The molecule has 0 spiro atoms. The van der Waals surface area contributed by atoms with Gasteiger partial charge in [-0.05, 0) is 99.5 Å². The highest BCUT2D eigenvalue weighted by Crippen LogP contribution is 2.24. The highest BCUT2D eigenvalue weighted by Gasteiger charge is 2.11. The maximum atomic E-state index is 2.40. The molecule has 38 heavy (non-hydrogen) atoms. The van der Waals surface area contributed by atoms with Crippen molar-refractivity contribution in [3.8, 4) is 0 Å². The molecule has 3 aliphatic rings. The van der Waals surface area contributed by atoms with E-state index in [4.69, 9.17) is 0 Å². The smallest absolute Gasteiger partial charge is 0.0396 e. The van der Waals surface area contributed by atoms with E-state index in [9.17, 15) is 0 Å². The minimum atomic E-state index is 0. The number of fused-ring (bicyclic) bond motifs is 3. The molecule has 0 radical (unpaired) electrons. The van der Waals surface area contributed by atoms with Gasteiger partial charge >= 0.3 is 0 Å². The number of benzene rings is 3. The van der Waals surface area contributed by atoms with Crippen molar-refractivity contribution in [2.45, 2.75) is 66.3 Å². The van der Waals surface area contributed by atoms with Gasteiger partial charge in [-0.1, -0.05) is 81.6 Å². The second kappa shape index (κ2) is 16.4. The van der Waals surface area contributed by atoms with Crippen molar-refractivity contribution in [2.24, 2.45) is 0 Å². The van der Waals surface area contributed by atoms with Crippen LogP contribution in [0.5, 0.6) is 0 Å². The molecule has 0 bridgehead atoms. The Morgan fingerprint density at radius 3 is 1.58 bits per heavy atom. The minimum Gasteiger partial charge on any atom is -0.374 e. The normalized spacial score (nSPS) is 17.0. The summed E-state index contributed by atoms with van der Waals surface area (Å²) >= 11 is 0. The Hall–Kier alpha value is -2.62. The van der Waals surface area contributed by atoms with Gasteiger partial charge in [0.15, 0.2) is 0 Å². The maximum absolute atomic E-state index is 2.40. The zero-order valence-corrected chi connectivity index (χ0v) is 22.8. The van der Waals surface area contributed by atoms with Crippen LogP contribution in [0, 0.1) is 0 Å². The lowest BCUT2D eigenvalue weighted by molar-refractivity contribution is 0.332. The van der Waals surface area contributed by atoms with Crippen LogP contribution in [0.1, 0.15) is 61.9 Å². The number of nitrogens with zero attached hydrogens (tertiary/aromatic N) is 3. The third kappa shape index (κ3) is 9.29. The molecular formula is C35H53N3. The molecule has 0 fully saturated rings. The van der Waals surface area contributed by atoms with Crippen LogP contribution in [0.4, 0.5) is 5.69 Å². The largest absolute Gasteiger partial charge is 0.374 e. The van der Waals surface area contributed by atoms with E-state index in [0.29, 0.717) is 0 Å². The molecule has 6 rings (SSSR count). The lowest BCUT2D eigenvalue weighted by Crippen LogP contribution is -2.20. The molecule has 3 heteroatoms. The third-order valence-corrected chi connectivity index (χ3v) is 7.78.